The average molecular weight is 425 g/mol. The van der Waals surface area contributed by atoms with Crippen LogP contribution in [0.3, 0.4) is 0 Å². The van der Waals surface area contributed by atoms with Crippen molar-refractivity contribution in [2.75, 3.05) is 13.1 Å². The van der Waals surface area contributed by atoms with E-state index >= 15 is 0 Å². The third-order valence-corrected chi connectivity index (χ3v) is 7.51. The van der Waals surface area contributed by atoms with Gasteiger partial charge in [-0.3, -0.25) is 9.69 Å². The van der Waals surface area contributed by atoms with Crippen molar-refractivity contribution in [1.29, 1.82) is 0 Å². The van der Waals surface area contributed by atoms with Crippen molar-refractivity contribution in [2.24, 2.45) is 11.8 Å². The van der Waals surface area contributed by atoms with E-state index in [4.69, 9.17) is 0 Å². The normalized spacial score (nSPS) is 28.5. The van der Waals surface area contributed by atoms with Gasteiger partial charge in [0.15, 0.2) is 0 Å². The van der Waals surface area contributed by atoms with Gasteiger partial charge in [-0.2, -0.15) is 0 Å². The predicted octanol–water partition coefficient (Wildman–Crippen LogP) is 4.72. The van der Waals surface area contributed by atoms with Crippen LogP contribution in [-0.2, 0) is 17.8 Å². The van der Waals surface area contributed by atoms with Crippen molar-refractivity contribution in [3.05, 3.63) is 70.8 Å². The van der Waals surface area contributed by atoms with Crippen LogP contribution >= 0.6 is 0 Å². The van der Waals surface area contributed by atoms with Gasteiger partial charge in [-0.15, -0.1) is 0 Å². The molecule has 0 radical (unpaired) electrons. The number of halogens is 2. The molecule has 3 nitrogen and oxygen atoms in total. The molecule has 5 heteroatoms. The summed E-state index contributed by atoms with van der Waals surface area (Å²) in [5.41, 5.74) is 2.62. The molecule has 3 fully saturated rings. The van der Waals surface area contributed by atoms with E-state index < -0.39 is 0 Å². The lowest BCUT2D eigenvalue weighted by Crippen LogP contribution is -2.65. The quantitative estimate of drug-likeness (QED) is 0.709. The van der Waals surface area contributed by atoms with Gasteiger partial charge in [0.05, 0.1) is 0 Å². The van der Waals surface area contributed by atoms with Gasteiger partial charge in [-0.05, 0) is 73.8 Å². The third-order valence-electron chi connectivity index (χ3n) is 7.51. The minimum Gasteiger partial charge on any atom is -0.336 e. The second-order valence-electron chi connectivity index (χ2n) is 9.71. The Balaban J connectivity index is 1.41. The van der Waals surface area contributed by atoms with Gasteiger partial charge in [-0.1, -0.05) is 24.3 Å². The van der Waals surface area contributed by atoms with E-state index in [2.05, 4.69) is 9.80 Å². The standard InChI is InChI=1S/C26H30F2N2O/c1-17-8-9-19(23(28)10-17)14-29-15-20-13-21(16-29)25(12-18-4-2-5-22(27)11-18)30-24(20)6-3-7-26(30)31/h2,4-5,8-11,20-21,24-25H,3,6-7,12-16H2,1H3/t20-,21+,24+,25+/m1/s1. The lowest BCUT2D eigenvalue weighted by molar-refractivity contribution is -0.152. The Morgan fingerprint density at radius 2 is 1.90 bits per heavy atom. The van der Waals surface area contributed by atoms with Crippen molar-refractivity contribution >= 4 is 5.91 Å². The van der Waals surface area contributed by atoms with Gasteiger partial charge in [-0.25, -0.2) is 8.78 Å². The topological polar surface area (TPSA) is 23.6 Å². The smallest absolute Gasteiger partial charge is 0.223 e. The largest absolute Gasteiger partial charge is 0.336 e. The molecule has 0 unspecified atom stereocenters. The molecule has 2 aromatic carbocycles. The second kappa shape index (κ2) is 8.34. The molecule has 3 aliphatic heterocycles. The number of likely N-dealkylation sites (tertiary alicyclic amines) is 1. The molecule has 0 aromatic heterocycles. The lowest BCUT2D eigenvalue weighted by Gasteiger charge is -2.57. The highest BCUT2D eigenvalue weighted by Crippen LogP contribution is 2.43. The number of carbonyl (C=O) groups is 1. The van der Waals surface area contributed by atoms with E-state index in [0.29, 0.717) is 31.2 Å². The minimum atomic E-state index is -0.229. The first-order valence-corrected chi connectivity index (χ1v) is 11.5. The van der Waals surface area contributed by atoms with Crippen LogP contribution in [0.4, 0.5) is 8.78 Å². The number of piperidine rings is 3. The molecular weight excluding hydrogens is 394 g/mol. The number of rotatable bonds is 4. The summed E-state index contributed by atoms with van der Waals surface area (Å²) in [6, 6.07) is 12.6. The molecule has 3 saturated heterocycles. The van der Waals surface area contributed by atoms with Gasteiger partial charge in [0.1, 0.15) is 11.6 Å². The van der Waals surface area contributed by atoms with Gasteiger partial charge in [0, 0.05) is 43.7 Å². The fraction of sp³-hybridized carbons (Fsp3) is 0.500. The van der Waals surface area contributed by atoms with Gasteiger partial charge in [0.2, 0.25) is 5.91 Å². The molecule has 5 rings (SSSR count). The molecule has 0 N–H and O–H groups in total. The van der Waals surface area contributed by atoms with Crippen LogP contribution in [0.5, 0.6) is 0 Å². The summed E-state index contributed by atoms with van der Waals surface area (Å²) < 4.78 is 28.3. The Morgan fingerprint density at radius 3 is 2.71 bits per heavy atom. The molecule has 3 heterocycles. The molecule has 2 bridgehead atoms. The molecule has 4 atom stereocenters. The van der Waals surface area contributed by atoms with Crippen molar-refractivity contribution < 1.29 is 13.6 Å². The predicted molar refractivity (Wildman–Crippen MR) is 116 cm³/mol. The van der Waals surface area contributed by atoms with Crippen LogP contribution < -0.4 is 0 Å². The van der Waals surface area contributed by atoms with E-state index in [9.17, 15) is 13.6 Å². The number of benzene rings is 2. The summed E-state index contributed by atoms with van der Waals surface area (Å²) in [4.78, 5) is 17.5. The average Bonchev–Trinajstić information content (AvgIpc) is 2.73. The van der Waals surface area contributed by atoms with E-state index in [1.807, 2.05) is 25.1 Å². The maximum atomic E-state index is 14.5. The maximum Gasteiger partial charge on any atom is 0.223 e. The Labute approximate surface area is 183 Å². The highest BCUT2D eigenvalue weighted by molar-refractivity contribution is 5.78. The monoisotopic (exact) mass is 424 g/mol. The highest BCUT2D eigenvalue weighted by atomic mass is 19.1. The second-order valence-corrected chi connectivity index (χ2v) is 9.71. The Kier molecular flexibility index (Phi) is 5.55. The van der Waals surface area contributed by atoms with Crippen LogP contribution in [0.1, 0.15) is 42.4 Å². The van der Waals surface area contributed by atoms with Gasteiger partial charge >= 0.3 is 0 Å². The molecule has 3 aliphatic rings. The molecule has 1 amide bonds. The minimum absolute atomic E-state index is 0.0847. The zero-order valence-corrected chi connectivity index (χ0v) is 18.1. The molecule has 31 heavy (non-hydrogen) atoms. The first-order valence-electron chi connectivity index (χ1n) is 11.5. The fourth-order valence-corrected chi connectivity index (χ4v) is 6.19. The molecule has 0 spiro atoms. The van der Waals surface area contributed by atoms with Crippen LogP contribution in [0.2, 0.25) is 0 Å². The molecular formula is C26H30F2N2O. The van der Waals surface area contributed by atoms with Crippen LogP contribution in [0, 0.1) is 30.4 Å². The summed E-state index contributed by atoms with van der Waals surface area (Å²) in [6.45, 7) is 4.27. The number of aryl methyl sites for hydroxylation is 1. The van der Waals surface area contributed by atoms with Gasteiger partial charge in [0.25, 0.3) is 0 Å². The summed E-state index contributed by atoms with van der Waals surface area (Å²) in [6.07, 6.45) is 4.38. The van der Waals surface area contributed by atoms with Crippen LogP contribution in [0.15, 0.2) is 42.5 Å². The number of fused-ring (bicyclic) bond motifs is 4. The molecule has 2 aromatic rings. The number of carbonyl (C=O) groups excluding carboxylic acids is 1. The third kappa shape index (κ3) is 4.12. The summed E-state index contributed by atoms with van der Waals surface area (Å²) in [7, 11) is 0. The molecule has 164 valence electrons. The summed E-state index contributed by atoms with van der Waals surface area (Å²) in [5, 5.41) is 0. The van der Waals surface area contributed by atoms with E-state index in [1.165, 1.54) is 6.07 Å². The van der Waals surface area contributed by atoms with Crippen LogP contribution in [-0.4, -0.2) is 40.9 Å². The van der Waals surface area contributed by atoms with Gasteiger partial charge < -0.3 is 4.90 Å². The van der Waals surface area contributed by atoms with Crippen molar-refractivity contribution in [2.45, 2.75) is 57.7 Å². The van der Waals surface area contributed by atoms with E-state index in [1.54, 1.807) is 18.2 Å². The number of hydrogen-bond donors (Lipinski definition) is 0. The summed E-state index contributed by atoms with van der Waals surface area (Å²) in [5.74, 6) is 0.647. The fourth-order valence-electron chi connectivity index (χ4n) is 6.19. The first kappa shape index (κ1) is 20.6. The number of hydrogen-bond acceptors (Lipinski definition) is 2. The number of amides is 1. The zero-order chi connectivity index (χ0) is 21.5. The van der Waals surface area contributed by atoms with E-state index in [0.717, 1.165) is 49.0 Å². The highest BCUT2D eigenvalue weighted by Gasteiger charge is 2.49. The van der Waals surface area contributed by atoms with E-state index in [-0.39, 0.29) is 29.6 Å². The SMILES string of the molecule is Cc1ccc(CN2C[C@H]3C[C@@H](C2)[C@H](Cc2cccc(F)c2)N2C(=O)CCC[C@@H]32)c(F)c1. The maximum absolute atomic E-state index is 14.5. The van der Waals surface area contributed by atoms with Crippen molar-refractivity contribution in [3.63, 3.8) is 0 Å². The Hall–Kier alpha value is -2.27. The van der Waals surface area contributed by atoms with Crippen LogP contribution in [0.25, 0.3) is 0 Å². The van der Waals surface area contributed by atoms with Crippen molar-refractivity contribution in [1.82, 2.24) is 9.80 Å². The zero-order valence-electron chi connectivity index (χ0n) is 18.1. The first-order chi connectivity index (χ1) is 15.0. The lowest BCUT2D eigenvalue weighted by atomic mass is 9.70. The molecule has 0 saturated carbocycles. The van der Waals surface area contributed by atoms with Crippen molar-refractivity contribution in [3.8, 4) is 0 Å². The summed E-state index contributed by atoms with van der Waals surface area (Å²) >= 11 is 0. The Morgan fingerprint density at radius 1 is 1.06 bits per heavy atom. The molecule has 0 aliphatic carbocycles. The number of nitrogens with zero attached hydrogens (tertiary/aromatic N) is 2. The Bertz CT molecular complexity index is 978.